The molecular formula is C38H38N6O7. The minimum Gasteiger partial charge on any atom is -0.416 e. The van der Waals surface area contributed by atoms with Crippen LogP contribution in [0.3, 0.4) is 0 Å². The fourth-order valence-corrected chi connectivity index (χ4v) is 4.94. The van der Waals surface area contributed by atoms with E-state index in [-0.39, 0.29) is 11.8 Å². The van der Waals surface area contributed by atoms with Gasteiger partial charge in [0.05, 0.1) is 0 Å². The SMILES string of the molecule is C[C@H](NC(=O)[C@](C)(O)c1ccccc1)C(=O)Nc1ccc(-c2nnc(-c3ccc(NC(=O)[C@H](C)NC(=O)[C@](C)(O)c4ccccc4)cc3)o2)cc1. The third kappa shape index (κ3) is 8.52. The maximum atomic E-state index is 12.8. The number of nitrogens with zero attached hydrogens (tertiary/aromatic N) is 2. The molecule has 1 heterocycles. The Morgan fingerprint density at radius 3 is 1.24 bits per heavy atom. The summed E-state index contributed by atoms with van der Waals surface area (Å²) >= 11 is 0. The maximum absolute atomic E-state index is 12.8. The van der Waals surface area contributed by atoms with E-state index >= 15 is 0 Å². The van der Waals surface area contributed by atoms with Crippen molar-refractivity contribution >= 4 is 35.0 Å². The zero-order chi connectivity index (χ0) is 36.8. The van der Waals surface area contributed by atoms with Crippen LogP contribution in [0, 0.1) is 0 Å². The van der Waals surface area contributed by atoms with Crippen LogP contribution in [-0.4, -0.2) is 56.1 Å². The summed E-state index contributed by atoms with van der Waals surface area (Å²) in [6.45, 7) is 5.77. The molecule has 51 heavy (non-hydrogen) atoms. The molecule has 0 aliphatic rings. The number of anilines is 2. The van der Waals surface area contributed by atoms with Gasteiger partial charge in [-0.2, -0.15) is 0 Å². The number of benzene rings is 4. The Morgan fingerprint density at radius 2 is 0.902 bits per heavy atom. The van der Waals surface area contributed by atoms with E-state index in [9.17, 15) is 29.4 Å². The average Bonchev–Trinajstić information content (AvgIpc) is 3.63. The predicted octanol–water partition coefficient (Wildman–Crippen LogP) is 4.11. The van der Waals surface area contributed by atoms with Gasteiger partial charge in [0.1, 0.15) is 12.1 Å². The summed E-state index contributed by atoms with van der Waals surface area (Å²) < 4.78 is 5.86. The summed E-state index contributed by atoms with van der Waals surface area (Å²) in [5.41, 5.74) is -0.700. The van der Waals surface area contributed by atoms with Crippen molar-refractivity contribution in [3.8, 4) is 22.9 Å². The van der Waals surface area contributed by atoms with E-state index in [2.05, 4.69) is 31.5 Å². The maximum Gasteiger partial charge on any atom is 0.256 e. The standard InChI is InChI=1S/C38H38N6O7/c1-23(39-35(47)37(3,49)27-11-7-5-8-12-27)31(45)41-29-19-15-25(16-20-29)33-43-44-34(51-33)26-17-21-30(22-18-26)42-32(46)24(2)40-36(48)38(4,50)28-13-9-6-10-14-28/h5-24,49-50H,1-4H3,(H,39,47)(H,40,48)(H,41,45)(H,42,46)/t23-,24-,37+,38+/m0/s1. The lowest BCUT2D eigenvalue weighted by Crippen LogP contribution is -2.49. The van der Waals surface area contributed by atoms with Crippen molar-refractivity contribution in [2.24, 2.45) is 0 Å². The van der Waals surface area contributed by atoms with Crippen LogP contribution in [0.15, 0.2) is 114 Å². The Morgan fingerprint density at radius 1 is 0.569 bits per heavy atom. The highest BCUT2D eigenvalue weighted by atomic mass is 16.4. The molecule has 0 saturated carbocycles. The lowest BCUT2D eigenvalue weighted by molar-refractivity contribution is -0.141. The van der Waals surface area contributed by atoms with E-state index in [0.717, 1.165) is 0 Å². The van der Waals surface area contributed by atoms with Crippen LogP contribution >= 0.6 is 0 Å². The summed E-state index contributed by atoms with van der Waals surface area (Å²) in [6.07, 6.45) is 0. The second-order valence-electron chi connectivity index (χ2n) is 12.3. The molecule has 0 aliphatic carbocycles. The number of hydrogen-bond acceptors (Lipinski definition) is 9. The number of aromatic nitrogens is 2. The van der Waals surface area contributed by atoms with E-state index in [4.69, 9.17) is 4.42 Å². The van der Waals surface area contributed by atoms with Gasteiger partial charge in [-0.1, -0.05) is 60.7 Å². The molecule has 0 saturated heterocycles. The molecule has 4 atom stereocenters. The monoisotopic (exact) mass is 690 g/mol. The van der Waals surface area contributed by atoms with Crippen molar-refractivity contribution in [2.45, 2.75) is 51.0 Å². The Hall–Kier alpha value is -6.18. The lowest BCUT2D eigenvalue weighted by atomic mass is 9.95. The first-order valence-electron chi connectivity index (χ1n) is 16.1. The Kier molecular flexibility index (Phi) is 10.7. The second-order valence-corrected chi connectivity index (χ2v) is 12.3. The molecule has 0 spiro atoms. The number of rotatable bonds is 12. The highest BCUT2D eigenvalue weighted by Gasteiger charge is 2.35. The van der Waals surface area contributed by atoms with E-state index in [0.29, 0.717) is 33.6 Å². The van der Waals surface area contributed by atoms with Crippen LogP contribution in [0.1, 0.15) is 38.8 Å². The van der Waals surface area contributed by atoms with Crippen LogP contribution in [0.2, 0.25) is 0 Å². The van der Waals surface area contributed by atoms with Gasteiger partial charge in [-0.25, -0.2) is 0 Å². The van der Waals surface area contributed by atoms with Crippen molar-refractivity contribution in [3.63, 3.8) is 0 Å². The van der Waals surface area contributed by atoms with Crippen LogP contribution < -0.4 is 21.3 Å². The number of carbonyl (C=O) groups excluding carboxylic acids is 4. The van der Waals surface area contributed by atoms with Gasteiger partial charge in [0.2, 0.25) is 23.6 Å². The third-order valence-corrected chi connectivity index (χ3v) is 8.26. The minimum atomic E-state index is -1.81. The molecule has 0 radical (unpaired) electrons. The fraction of sp³-hybridized carbons (Fsp3) is 0.211. The third-order valence-electron chi connectivity index (χ3n) is 8.26. The fourth-order valence-electron chi connectivity index (χ4n) is 4.94. The largest absolute Gasteiger partial charge is 0.416 e. The van der Waals surface area contributed by atoms with Gasteiger partial charge in [0.15, 0.2) is 11.2 Å². The molecule has 1 aromatic heterocycles. The van der Waals surface area contributed by atoms with Crippen molar-refractivity contribution in [1.82, 2.24) is 20.8 Å². The molecule has 262 valence electrons. The first kappa shape index (κ1) is 36.1. The van der Waals surface area contributed by atoms with Gasteiger partial charge < -0.3 is 35.9 Å². The Labute approximate surface area is 294 Å². The molecule has 5 aromatic rings. The van der Waals surface area contributed by atoms with Crippen LogP contribution in [0.4, 0.5) is 11.4 Å². The zero-order valence-corrected chi connectivity index (χ0v) is 28.4. The van der Waals surface area contributed by atoms with Gasteiger partial charge in [-0.05, 0) is 87.4 Å². The zero-order valence-electron chi connectivity index (χ0n) is 28.4. The van der Waals surface area contributed by atoms with E-state index < -0.39 is 46.9 Å². The first-order chi connectivity index (χ1) is 24.3. The number of aliphatic hydroxyl groups is 2. The molecule has 4 aromatic carbocycles. The molecule has 5 rings (SSSR count). The summed E-state index contributed by atoms with van der Waals surface area (Å²) in [6, 6.07) is 28.4. The normalized spacial score (nSPS) is 14.5. The lowest BCUT2D eigenvalue weighted by Gasteiger charge is -2.25. The van der Waals surface area contributed by atoms with Crippen LogP contribution in [-0.2, 0) is 30.4 Å². The minimum absolute atomic E-state index is 0.236. The van der Waals surface area contributed by atoms with Gasteiger partial charge >= 0.3 is 0 Å². The molecule has 0 aliphatic heterocycles. The highest BCUT2D eigenvalue weighted by molar-refractivity contribution is 5.99. The number of carbonyl (C=O) groups is 4. The summed E-state index contributed by atoms with van der Waals surface area (Å²) in [7, 11) is 0. The molecule has 13 heteroatoms. The van der Waals surface area contributed by atoms with Crippen LogP contribution in [0.5, 0.6) is 0 Å². The molecule has 4 amide bonds. The molecule has 6 N–H and O–H groups in total. The molecule has 13 nitrogen and oxygen atoms in total. The van der Waals surface area contributed by atoms with Crippen molar-refractivity contribution in [1.29, 1.82) is 0 Å². The van der Waals surface area contributed by atoms with Crippen molar-refractivity contribution in [3.05, 3.63) is 120 Å². The quantitative estimate of drug-likeness (QED) is 0.112. The van der Waals surface area contributed by atoms with Crippen molar-refractivity contribution < 1.29 is 33.8 Å². The van der Waals surface area contributed by atoms with E-state index in [1.807, 2.05) is 0 Å². The second kappa shape index (κ2) is 15.2. The van der Waals surface area contributed by atoms with E-state index in [1.165, 1.54) is 27.7 Å². The van der Waals surface area contributed by atoms with Crippen molar-refractivity contribution in [2.75, 3.05) is 10.6 Å². The Bertz CT molecular complexity index is 1850. The predicted molar refractivity (Wildman–Crippen MR) is 190 cm³/mol. The van der Waals surface area contributed by atoms with Gasteiger partial charge in [0.25, 0.3) is 11.8 Å². The van der Waals surface area contributed by atoms with E-state index in [1.54, 1.807) is 109 Å². The Balaban J connectivity index is 1.13. The first-order valence-corrected chi connectivity index (χ1v) is 16.1. The molecule has 0 fully saturated rings. The smallest absolute Gasteiger partial charge is 0.256 e. The van der Waals surface area contributed by atoms with Gasteiger partial charge in [0, 0.05) is 22.5 Å². The number of amides is 4. The average molecular weight is 691 g/mol. The summed E-state index contributed by atoms with van der Waals surface area (Å²) in [4.78, 5) is 51.0. The molecular weight excluding hydrogens is 652 g/mol. The molecule has 0 unspecified atom stereocenters. The number of hydrogen-bond donors (Lipinski definition) is 6. The number of nitrogens with one attached hydrogen (secondary N) is 4. The van der Waals surface area contributed by atoms with Crippen LogP contribution in [0.25, 0.3) is 22.9 Å². The topological polar surface area (TPSA) is 196 Å². The summed E-state index contributed by atoms with van der Waals surface area (Å²) in [5, 5.41) is 40.3. The van der Waals surface area contributed by atoms with Gasteiger partial charge in [-0.15, -0.1) is 10.2 Å². The summed E-state index contributed by atoms with van der Waals surface area (Å²) in [5.74, 6) is -1.89. The van der Waals surface area contributed by atoms with Gasteiger partial charge in [-0.3, -0.25) is 19.2 Å². The highest BCUT2D eigenvalue weighted by Crippen LogP contribution is 2.27. The molecule has 0 bridgehead atoms.